The van der Waals surface area contributed by atoms with Gasteiger partial charge in [-0.3, -0.25) is 9.59 Å². The second-order valence-electron chi connectivity index (χ2n) is 7.06. The van der Waals surface area contributed by atoms with Crippen LogP contribution in [-0.2, 0) is 9.53 Å². The Morgan fingerprint density at radius 1 is 0.867 bits per heavy atom. The largest absolute Gasteiger partial charge is 0.449 e. The van der Waals surface area contributed by atoms with E-state index < -0.39 is 12.1 Å². The molecule has 3 rings (SSSR count). The van der Waals surface area contributed by atoms with Gasteiger partial charge in [-0.25, -0.2) is 4.39 Å². The van der Waals surface area contributed by atoms with Gasteiger partial charge < -0.3 is 4.74 Å². The number of carbonyl (C=O) groups is 2. The van der Waals surface area contributed by atoms with Crippen molar-refractivity contribution in [2.45, 2.75) is 31.3 Å². The van der Waals surface area contributed by atoms with Crippen molar-refractivity contribution in [2.75, 3.05) is 5.75 Å². The number of carbonyl (C=O) groups excluding carboxylic acids is 2. The lowest BCUT2D eigenvalue weighted by Gasteiger charge is -2.18. The number of aryl methyl sites for hydroxylation is 2. The van der Waals surface area contributed by atoms with E-state index in [0.717, 1.165) is 16.0 Å². The summed E-state index contributed by atoms with van der Waals surface area (Å²) in [6.45, 7) is 3.91. The molecule has 30 heavy (non-hydrogen) atoms. The van der Waals surface area contributed by atoms with Gasteiger partial charge in [0.05, 0.1) is 6.42 Å². The molecule has 154 valence electrons. The number of benzene rings is 3. The molecule has 0 spiro atoms. The zero-order valence-electron chi connectivity index (χ0n) is 16.9. The first kappa shape index (κ1) is 21.8. The van der Waals surface area contributed by atoms with Gasteiger partial charge in [0, 0.05) is 21.8 Å². The van der Waals surface area contributed by atoms with Crippen LogP contribution in [0.15, 0.2) is 77.7 Å². The Balaban J connectivity index is 1.69. The molecule has 3 nitrogen and oxygen atoms in total. The average molecular weight is 423 g/mol. The van der Waals surface area contributed by atoms with Gasteiger partial charge in [0.25, 0.3) is 0 Å². The van der Waals surface area contributed by atoms with Crippen molar-refractivity contribution in [3.05, 3.63) is 101 Å². The Hall–Kier alpha value is -2.92. The van der Waals surface area contributed by atoms with E-state index in [9.17, 15) is 14.0 Å². The minimum absolute atomic E-state index is 0.144. The number of ether oxygens (including phenoxy) is 1. The third kappa shape index (κ3) is 6.04. The van der Waals surface area contributed by atoms with Crippen LogP contribution in [0.3, 0.4) is 0 Å². The van der Waals surface area contributed by atoms with E-state index in [2.05, 4.69) is 0 Å². The Kier molecular flexibility index (Phi) is 7.41. The van der Waals surface area contributed by atoms with E-state index in [1.165, 1.54) is 23.9 Å². The van der Waals surface area contributed by atoms with Crippen LogP contribution in [0, 0.1) is 19.7 Å². The van der Waals surface area contributed by atoms with Crippen LogP contribution >= 0.6 is 11.8 Å². The van der Waals surface area contributed by atoms with E-state index in [-0.39, 0.29) is 18.0 Å². The van der Waals surface area contributed by atoms with Crippen molar-refractivity contribution in [3.63, 3.8) is 0 Å². The van der Waals surface area contributed by atoms with Gasteiger partial charge in [0.2, 0.25) is 5.78 Å². The first-order valence-corrected chi connectivity index (χ1v) is 10.7. The summed E-state index contributed by atoms with van der Waals surface area (Å²) in [6, 6.07) is 20.7. The summed E-state index contributed by atoms with van der Waals surface area (Å²) in [6.07, 6.45) is -0.845. The lowest BCUT2D eigenvalue weighted by atomic mass is 9.98. The van der Waals surface area contributed by atoms with E-state index in [1.54, 1.807) is 24.3 Å². The van der Waals surface area contributed by atoms with Gasteiger partial charge in [-0.15, -0.1) is 11.8 Å². The number of hydrogen-bond acceptors (Lipinski definition) is 4. The predicted octanol–water partition coefficient (Wildman–Crippen LogP) is 6.09. The maximum absolute atomic E-state index is 13.1. The van der Waals surface area contributed by atoms with Crippen molar-refractivity contribution >= 4 is 23.5 Å². The van der Waals surface area contributed by atoms with Crippen LogP contribution in [-0.4, -0.2) is 17.5 Å². The molecule has 0 saturated heterocycles. The topological polar surface area (TPSA) is 43.4 Å². The molecule has 0 aromatic heterocycles. The Morgan fingerprint density at radius 3 is 2.03 bits per heavy atom. The molecule has 0 N–H and O–H groups in total. The van der Waals surface area contributed by atoms with Crippen LogP contribution in [0.2, 0.25) is 0 Å². The first-order chi connectivity index (χ1) is 14.4. The fourth-order valence-electron chi connectivity index (χ4n) is 2.86. The van der Waals surface area contributed by atoms with Crippen molar-refractivity contribution < 1.29 is 18.7 Å². The Labute approximate surface area is 180 Å². The third-order valence-corrected chi connectivity index (χ3v) is 5.61. The molecule has 3 aromatic rings. The standard InChI is InChI=1S/C25H23FO3S/c1-17-3-7-19(8-4-17)24(28)25(20-9-5-18(2)6-10-20)29-23(27)15-16-30-22-13-11-21(26)12-14-22/h3-14,25H,15-16H2,1-2H3/t25-/m1/s1. The van der Waals surface area contributed by atoms with Gasteiger partial charge >= 0.3 is 5.97 Å². The summed E-state index contributed by atoms with van der Waals surface area (Å²) >= 11 is 1.44. The lowest BCUT2D eigenvalue weighted by molar-refractivity contribution is -0.146. The molecular formula is C25H23FO3S. The monoisotopic (exact) mass is 422 g/mol. The smallest absolute Gasteiger partial charge is 0.307 e. The summed E-state index contributed by atoms with van der Waals surface area (Å²) < 4.78 is 18.6. The molecule has 0 radical (unpaired) electrons. The number of ketones is 1. The fraction of sp³-hybridized carbons (Fsp3) is 0.200. The molecule has 0 aliphatic carbocycles. The second kappa shape index (κ2) is 10.2. The number of thioether (sulfide) groups is 1. The summed E-state index contributed by atoms with van der Waals surface area (Å²) in [5, 5.41) is 0. The highest BCUT2D eigenvalue weighted by molar-refractivity contribution is 7.99. The highest BCUT2D eigenvalue weighted by Crippen LogP contribution is 2.25. The minimum atomic E-state index is -0.989. The molecular weight excluding hydrogens is 399 g/mol. The van der Waals surface area contributed by atoms with Gasteiger partial charge in [-0.05, 0) is 38.1 Å². The maximum atomic E-state index is 13.1. The zero-order valence-corrected chi connectivity index (χ0v) is 17.7. The van der Waals surface area contributed by atoms with Crippen LogP contribution in [0.1, 0.15) is 39.6 Å². The number of rotatable bonds is 8. The molecule has 0 heterocycles. The van der Waals surface area contributed by atoms with Crippen molar-refractivity contribution in [2.24, 2.45) is 0 Å². The predicted molar refractivity (Wildman–Crippen MR) is 117 cm³/mol. The number of halogens is 1. The molecule has 0 fully saturated rings. The van der Waals surface area contributed by atoms with Crippen LogP contribution in [0.4, 0.5) is 4.39 Å². The first-order valence-electron chi connectivity index (χ1n) is 9.67. The highest BCUT2D eigenvalue weighted by Gasteiger charge is 2.26. The summed E-state index contributed by atoms with van der Waals surface area (Å²) in [5.41, 5.74) is 3.25. The summed E-state index contributed by atoms with van der Waals surface area (Å²) in [4.78, 5) is 26.4. The van der Waals surface area contributed by atoms with Crippen LogP contribution in [0.5, 0.6) is 0 Å². The van der Waals surface area contributed by atoms with Crippen LogP contribution in [0.25, 0.3) is 0 Å². The fourth-order valence-corrected chi connectivity index (χ4v) is 3.69. The number of Topliss-reactive ketones (excluding diaryl/α,β-unsaturated/α-hetero) is 1. The normalized spacial score (nSPS) is 11.7. The molecule has 1 atom stereocenters. The molecule has 0 aliphatic rings. The molecule has 0 saturated carbocycles. The van der Waals surface area contributed by atoms with E-state index in [1.807, 2.05) is 50.2 Å². The van der Waals surface area contributed by atoms with Gasteiger partial charge in [-0.1, -0.05) is 59.7 Å². The minimum Gasteiger partial charge on any atom is -0.449 e. The highest BCUT2D eigenvalue weighted by atomic mass is 32.2. The maximum Gasteiger partial charge on any atom is 0.307 e. The van der Waals surface area contributed by atoms with Crippen LogP contribution < -0.4 is 0 Å². The van der Waals surface area contributed by atoms with E-state index >= 15 is 0 Å². The zero-order chi connectivity index (χ0) is 21.5. The molecule has 0 bridgehead atoms. The van der Waals surface area contributed by atoms with E-state index in [4.69, 9.17) is 4.74 Å². The van der Waals surface area contributed by atoms with Crippen molar-refractivity contribution in [1.82, 2.24) is 0 Å². The summed E-state index contributed by atoms with van der Waals surface area (Å²) in [5.74, 6) is -0.521. The Bertz CT molecular complexity index is 996. The molecule has 0 unspecified atom stereocenters. The summed E-state index contributed by atoms with van der Waals surface area (Å²) in [7, 11) is 0. The number of hydrogen-bond donors (Lipinski definition) is 0. The molecule has 3 aromatic carbocycles. The number of esters is 1. The van der Waals surface area contributed by atoms with E-state index in [0.29, 0.717) is 16.9 Å². The van der Waals surface area contributed by atoms with Crippen molar-refractivity contribution in [3.8, 4) is 0 Å². The van der Waals surface area contributed by atoms with Gasteiger partial charge in [0.1, 0.15) is 5.82 Å². The lowest BCUT2D eigenvalue weighted by Crippen LogP contribution is -2.20. The third-order valence-electron chi connectivity index (χ3n) is 4.59. The SMILES string of the molecule is Cc1ccc(C(=O)[C@H](OC(=O)CCSc2ccc(F)cc2)c2ccc(C)cc2)cc1. The van der Waals surface area contributed by atoms with Crippen molar-refractivity contribution in [1.29, 1.82) is 0 Å². The van der Waals surface area contributed by atoms with Gasteiger partial charge in [-0.2, -0.15) is 0 Å². The molecule has 5 heteroatoms. The quantitative estimate of drug-likeness (QED) is 0.250. The average Bonchev–Trinajstić information content (AvgIpc) is 2.74. The Morgan fingerprint density at radius 2 is 1.43 bits per heavy atom. The second-order valence-corrected chi connectivity index (χ2v) is 8.23. The molecule has 0 aliphatic heterocycles. The molecule has 0 amide bonds. The van der Waals surface area contributed by atoms with Gasteiger partial charge in [0.15, 0.2) is 6.10 Å².